The van der Waals surface area contributed by atoms with Gasteiger partial charge >= 0.3 is 6.09 Å². The van der Waals surface area contributed by atoms with Crippen LogP contribution in [0.15, 0.2) is 0 Å². The number of rotatable bonds is 4. The molecule has 0 saturated carbocycles. The van der Waals surface area contributed by atoms with Crippen molar-refractivity contribution in [2.75, 3.05) is 13.6 Å². The number of amides is 3. The molecule has 0 aromatic rings. The predicted molar refractivity (Wildman–Crippen MR) is 68.3 cm³/mol. The second-order valence-corrected chi connectivity index (χ2v) is 5.17. The van der Waals surface area contributed by atoms with Crippen LogP contribution in [-0.4, -0.2) is 58.5 Å². The lowest BCUT2D eigenvalue weighted by Gasteiger charge is -2.33. The highest BCUT2D eigenvalue weighted by Gasteiger charge is 2.39. The summed E-state index contributed by atoms with van der Waals surface area (Å²) >= 11 is 0. The monoisotopic (exact) mass is 271 g/mol. The number of hydrogen-bond donors (Lipinski definition) is 2. The van der Waals surface area contributed by atoms with E-state index in [1.54, 1.807) is 13.8 Å². The van der Waals surface area contributed by atoms with Gasteiger partial charge < -0.3 is 15.7 Å². The van der Waals surface area contributed by atoms with Crippen molar-refractivity contribution in [2.24, 2.45) is 11.7 Å². The highest BCUT2D eigenvalue weighted by molar-refractivity contribution is 5.91. The first-order valence-corrected chi connectivity index (χ1v) is 6.33. The van der Waals surface area contributed by atoms with Gasteiger partial charge in [-0.1, -0.05) is 13.8 Å². The van der Waals surface area contributed by atoms with Gasteiger partial charge in [0, 0.05) is 13.6 Å². The van der Waals surface area contributed by atoms with E-state index in [1.165, 1.54) is 11.9 Å². The lowest BCUT2D eigenvalue weighted by molar-refractivity contribution is -0.142. The quantitative estimate of drug-likeness (QED) is 0.756. The van der Waals surface area contributed by atoms with Gasteiger partial charge in [0.1, 0.15) is 12.1 Å². The zero-order chi connectivity index (χ0) is 14.7. The summed E-state index contributed by atoms with van der Waals surface area (Å²) in [5.74, 6) is -1.06. The molecule has 1 rings (SSSR count). The van der Waals surface area contributed by atoms with E-state index in [4.69, 9.17) is 10.8 Å². The van der Waals surface area contributed by atoms with Crippen LogP contribution in [0.2, 0.25) is 0 Å². The number of primary amides is 1. The summed E-state index contributed by atoms with van der Waals surface area (Å²) < 4.78 is 0. The molecule has 0 aromatic heterocycles. The lowest BCUT2D eigenvalue weighted by Crippen LogP contribution is -2.54. The zero-order valence-electron chi connectivity index (χ0n) is 11.5. The van der Waals surface area contributed by atoms with Gasteiger partial charge in [0.2, 0.25) is 11.8 Å². The number of likely N-dealkylation sites (N-methyl/N-ethyl adjacent to an activating group) is 1. The van der Waals surface area contributed by atoms with Crippen molar-refractivity contribution in [1.29, 1.82) is 0 Å². The van der Waals surface area contributed by atoms with Crippen molar-refractivity contribution in [2.45, 2.75) is 38.8 Å². The molecular weight excluding hydrogens is 250 g/mol. The van der Waals surface area contributed by atoms with Gasteiger partial charge in [0.15, 0.2) is 0 Å². The highest BCUT2D eigenvalue weighted by Crippen LogP contribution is 2.21. The van der Waals surface area contributed by atoms with E-state index in [0.717, 1.165) is 4.90 Å². The standard InChI is InChI=1S/C12H21N3O4/c1-7(2)9(14(3)12(18)19)11(17)15-6-4-5-8(15)10(13)16/h7-9H,4-6H2,1-3H3,(H2,13,16)(H,18,19)/t8-,9-/m0/s1. The largest absolute Gasteiger partial charge is 0.465 e. The molecule has 0 radical (unpaired) electrons. The fourth-order valence-corrected chi connectivity index (χ4v) is 2.51. The van der Waals surface area contributed by atoms with Crippen molar-refractivity contribution in [3.63, 3.8) is 0 Å². The maximum atomic E-state index is 12.5. The summed E-state index contributed by atoms with van der Waals surface area (Å²) in [4.78, 5) is 37.2. The number of nitrogens with zero attached hydrogens (tertiary/aromatic N) is 2. The van der Waals surface area contributed by atoms with E-state index in [-0.39, 0.29) is 11.8 Å². The first-order chi connectivity index (χ1) is 8.77. The number of likely N-dealkylation sites (tertiary alicyclic amines) is 1. The molecular formula is C12H21N3O4. The van der Waals surface area contributed by atoms with Crippen molar-refractivity contribution in [3.8, 4) is 0 Å². The molecule has 1 aliphatic heterocycles. The minimum Gasteiger partial charge on any atom is -0.465 e. The summed E-state index contributed by atoms with van der Waals surface area (Å²) in [5.41, 5.74) is 5.28. The normalized spacial score (nSPS) is 20.4. The second kappa shape index (κ2) is 5.90. The van der Waals surface area contributed by atoms with Gasteiger partial charge in [-0.15, -0.1) is 0 Å². The molecule has 3 N–H and O–H groups in total. The average Bonchev–Trinajstić information content (AvgIpc) is 2.76. The third-order valence-electron chi connectivity index (χ3n) is 3.47. The van der Waals surface area contributed by atoms with Crippen LogP contribution >= 0.6 is 0 Å². The van der Waals surface area contributed by atoms with Crippen molar-refractivity contribution in [1.82, 2.24) is 9.80 Å². The molecule has 1 saturated heterocycles. The first kappa shape index (κ1) is 15.3. The Kier molecular flexibility index (Phi) is 4.74. The maximum Gasteiger partial charge on any atom is 0.407 e. The molecule has 19 heavy (non-hydrogen) atoms. The van der Waals surface area contributed by atoms with E-state index in [0.29, 0.717) is 19.4 Å². The van der Waals surface area contributed by atoms with Crippen LogP contribution in [0.25, 0.3) is 0 Å². The topological polar surface area (TPSA) is 104 Å². The zero-order valence-corrected chi connectivity index (χ0v) is 11.5. The SMILES string of the molecule is CC(C)[C@@H](C(=O)N1CCC[C@H]1C(N)=O)N(C)C(=O)O. The fraction of sp³-hybridized carbons (Fsp3) is 0.750. The van der Waals surface area contributed by atoms with Gasteiger partial charge in [-0.3, -0.25) is 14.5 Å². The number of nitrogens with two attached hydrogens (primary N) is 1. The molecule has 108 valence electrons. The summed E-state index contributed by atoms with van der Waals surface area (Å²) in [6.07, 6.45) is 0.0887. The van der Waals surface area contributed by atoms with Crippen LogP contribution in [-0.2, 0) is 9.59 Å². The Labute approximate surface area is 112 Å². The van der Waals surface area contributed by atoms with Crippen molar-refractivity contribution in [3.05, 3.63) is 0 Å². The fourth-order valence-electron chi connectivity index (χ4n) is 2.51. The number of carbonyl (C=O) groups excluding carboxylic acids is 2. The molecule has 7 heteroatoms. The Hall–Kier alpha value is -1.79. The number of hydrogen-bond acceptors (Lipinski definition) is 3. The molecule has 3 amide bonds. The van der Waals surface area contributed by atoms with Gasteiger partial charge in [0.25, 0.3) is 0 Å². The van der Waals surface area contributed by atoms with E-state index >= 15 is 0 Å². The van der Waals surface area contributed by atoms with Crippen LogP contribution in [0.4, 0.5) is 4.79 Å². The molecule has 1 fully saturated rings. The smallest absolute Gasteiger partial charge is 0.407 e. The minimum absolute atomic E-state index is 0.178. The summed E-state index contributed by atoms with van der Waals surface area (Å²) in [6, 6.07) is -1.41. The number of carbonyl (C=O) groups is 3. The van der Waals surface area contributed by atoms with E-state index < -0.39 is 24.1 Å². The Morgan fingerprint density at radius 1 is 1.37 bits per heavy atom. The van der Waals surface area contributed by atoms with Crippen LogP contribution in [0.5, 0.6) is 0 Å². The van der Waals surface area contributed by atoms with Crippen LogP contribution in [0.1, 0.15) is 26.7 Å². The van der Waals surface area contributed by atoms with Crippen LogP contribution in [0, 0.1) is 5.92 Å². The number of carboxylic acid groups (broad SMARTS) is 1. The Morgan fingerprint density at radius 3 is 2.37 bits per heavy atom. The lowest BCUT2D eigenvalue weighted by atomic mass is 10.0. The highest BCUT2D eigenvalue weighted by atomic mass is 16.4. The molecule has 0 aliphatic carbocycles. The second-order valence-electron chi connectivity index (χ2n) is 5.17. The minimum atomic E-state index is -1.16. The molecule has 1 heterocycles. The Balaban J connectivity index is 2.94. The molecule has 0 bridgehead atoms. The van der Waals surface area contributed by atoms with Crippen molar-refractivity contribution < 1.29 is 19.5 Å². The molecule has 0 aromatic carbocycles. The average molecular weight is 271 g/mol. The summed E-state index contributed by atoms with van der Waals surface area (Å²) in [6.45, 7) is 4.00. The van der Waals surface area contributed by atoms with E-state index in [1.807, 2.05) is 0 Å². The van der Waals surface area contributed by atoms with Gasteiger partial charge in [-0.05, 0) is 18.8 Å². The molecule has 2 atom stereocenters. The van der Waals surface area contributed by atoms with Gasteiger partial charge in [-0.2, -0.15) is 0 Å². The van der Waals surface area contributed by atoms with E-state index in [9.17, 15) is 14.4 Å². The molecule has 7 nitrogen and oxygen atoms in total. The Bertz CT molecular complexity index is 383. The van der Waals surface area contributed by atoms with E-state index in [2.05, 4.69) is 0 Å². The molecule has 0 spiro atoms. The first-order valence-electron chi connectivity index (χ1n) is 6.33. The maximum absolute atomic E-state index is 12.5. The molecule has 1 aliphatic rings. The predicted octanol–water partition coefficient (Wildman–Crippen LogP) is 0.0971. The summed E-state index contributed by atoms with van der Waals surface area (Å²) in [7, 11) is 1.36. The third kappa shape index (κ3) is 3.15. The summed E-state index contributed by atoms with van der Waals surface area (Å²) in [5, 5.41) is 9.03. The molecule has 0 unspecified atom stereocenters. The van der Waals surface area contributed by atoms with Crippen molar-refractivity contribution >= 4 is 17.9 Å². The van der Waals surface area contributed by atoms with Gasteiger partial charge in [0.05, 0.1) is 0 Å². The third-order valence-corrected chi connectivity index (χ3v) is 3.47. The Morgan fingerprint density at radius 2 is 1.95 bits per heavy atom. The van der Waals surface area contributed by atoms with Crippen LogP contribution in [0.3, 0.4) is 0 Å². The van der Waals surface area contributed by atoms with Crippen LogP contribution < -0.4 is 5.73 Å². The van der Waals surface area contributed by atoms with Gasteiger partial charge in [-0.25, -0.2) is 4.79 Å².